The van der Waals surface area contributed by atoms with Gasteiger partial charge in [-0.05, 0) is 105 Å². The molecule has 3 N–H and O–H groups in total. The molecular formula is C33H55NO3. The highest BCUT2D eigenvalue weighted by Crippen LogP contribution is 2.30. The van der Waals surface area contributed by atoms with Crippen molar-refractivity contribution in [1.29, 1.82) is 0 Å². The molecule has 0 aliphatic heterocycles. The maximum absolute atomic E-state index is 10.5. The number of rotatable bonds is 5. The fourth-order valence-corrected chi connectivity index (χ4v) is 4.34. The second-order valence-electron chi connectivity index (χ2n) is 9.30. The fraction of sp³-hybridized carbons (Fsp3) is 0.576. The quantitative estimate of drug-likeness (QED) is 0.309. The van der Waals surface area contributed by atoms with Crippen molar-refractivity contribution >= 4 is 17.9 Å². The summed E-state index contributed by atoms with van der Waals surface area (Å²) in [5.74, 6) is 0.156. The number of hydrogen-bond donors (Lipinski definition) is 2. The largest absolute Gasteiger partial charge is 0.481 e. The zero-order valence-electron chi connectivity index (χ0n) is 25.2. The minimum absolute atomic E-state index is 0.0437. The molecule has 2 aromatic rings. The average molecular weight is 514 g/mol. The Bertz CT molecular complexity index is 848. The van der Waals surface area contributed by atoms with Gasteiger partial charge in [0.1, 0.15) is 6.29 Å². The predicted octanol–water partition coefficient (Wildman–Crippen LogP) is 8.91. The van der Waals surface area contributed by atoms with Crippen LogP contribution in [0.5, 0.6) is 0 Å². The van der Waals surface area contributed by atoms with E-state index in [0.717, 1.165) is 56.4 Å². The van der Waals surface area contributed by atoms with E-state index in [2.05, 4.69) is 65.8 Å². The number of aldehydes is 1. The van der Waals surface area contributed by atoms with Gasteiger partial charge in [0.15, 0.2) is 0 Å². The molecule has 1 aliphatic rings. The van der Waals surface area contributed by atoms with Gasteiger partial charge in [-0.1, -0.05) is 72.2 Å². The average Bonchev–Trinajstić information content (AvgIpc) is 2.91. The van der Waals surface area contributed by atoms with E-state index in [-0.39, 0.29) is 5.92 Å². The standard InChI is InChI=1S/C10H14.C9H13N.C9H16O2.C3H6O.C2H6/c1-4-10-8(2)6-5-7-9(10)3;1-3-8-4-5-9(10)6-7(8)2;1-2-7-3-5-8(6-4-7)9(10)11;1-2-3-4;1-2/h5-7H,4H2,1-3H3;4-6H,3,10H2,1-2H3;7-8H,2-6H2,1H3,(H,10,11);3H,2H2,1H3;1-2H3. The summed E-state index contributed by atoms with van der Waals surface area (Å²) in [7, 11) is 0. The molecule has 0 amide bonds. The Kier molecular flexibility index (Phi) is 22.3. The van der Waals surface area contributed by atoms with Crippen molar-refractivity contribution < 1.29 is 14.7 Å². The van der Waals surface area contributed by atoms with Gasteiger partial charge < -0.3 is 15.6 Å². The Balaban J connectivity index is 0. The van der Waals surface area contributed by atoms with Crippen LogP contribution in [0.25, 0.3) is 0 Å². The number of carbonyl (C=O) groups is 2. The van der Waals surface area contributed by atoms with Crippen molar-refractivity contribution in [3.05, 3.63) is 64.2 Å². The van der Waals surface area contributed by atoms with Crippen LogP contribution in [0.3, 0.4) is 0 Å². The van der Waals surface area contributed by atoms with Crippen molar-refractivity contribution in [2.24, 2.45) is 11.8 Å². The highest BCUT2D eigenvalue weighted by Gasteiger charge is 2.24. The van der Waals surface area contributed by atoms with Gasteiger partial charge in [-0.2, -0.15) is 0 Å². The molecule has 0 unspecified atom stereocenters. The molecule has 2 aromatic carbocycles. The molecule has 0 aromatic heterocycles. The smallest absolute Gasteiger partial charge is 0.306 e. The molecule has 0 heterocycles. The van der Waals surface area contributed by atoms with Gasteiger partial charge in [0.2, 0.25) is 0 Å². The van der Waals surface area contributed by atoms with E-state index in [1.54, 1.807) is 0 Å². The first kappa shape index (κ1) is 36.5. The number of aliphatic carboxylic acids is 1. The summed E-state index contributed by atoms with van der Waals surface area (Å²) in [6.07, 6.45) is 9.00. The number of hydrogen-bond acceptors (Lipinski definition) is 3. The summed E-state index contributed by atoms with van der Waals surface area (Å²) >= 11 is 0. The van der Waals surface area contributed by atoms with E-state index in [1.165, 1.54) is 34.2 Å². The van der Waals surface area contributed by atoms with Gasteiger partial charge in [-0.15, -0.1) is 0 Å². The monoisotopic (exact) mass is 513 g/mol. The van der Waals surface area contributed by atoms with Gasteiger partial charge in [-0.25, -0.2) is 0 Å². The molecule has 0 atom stereocenters. The van der Waals surface area contributed by atoms with E-state index in [0.29, 0.717) is 6.42 Å². The third kappa shape index (κ3) is 16.0. The summed E-state index contributed by atoms with van der Waals surface area (Å²) in [4.78, 5) is 19.7. The zero-order valence-corrected chi connectivity index (χ0v) is 25.2. The fourth-order valence-electron chi connectivity index (χ4n) is 4.34. The molecule has 4 nitrogen and oxygen atoms in total. The zero-order chi connectivity index (χ0) is 28.8. The highest BCUT2D eigenvalue weighted by molar-refractivity contribution is 5.69. The van der Waals surface area contributed by atoms with Gasteiger partial charge in [-0.3, -0.25) is 4.79 Å². The second-order valence-corrected chi connectivity index (χ2v) is 9.30. The van der Waals surface area contributed by atoms with Gasteiger partial charge in [0.25, 0.3) is 0 Å². The van der Waals surface area contributed by atoms with E-state index >= 15 is 0 Å². The Morgan fingerprint density at radius 2 is 1.41 bits per heavy atom. The molecule has 210 valence electrons. The lowest BCUT2D eigenvalue weighted by Gasteiger charge is -2.24. The Morgan fingerprint density at radius 3 is 1.73 bits per heavy atom. The van der Waals surface area contributed by atoms with Crippen LogP contribution >= 0.6 is 0 Å². The molecule has 0 radical (unpaired) electrons. The van der Waals surface area contributed by atoms with Crippen molar-refractivity contribution in [1.82, 2.24) is 0 Å². The van der Waals surface area contributed by atoms with Gasteiger partial charge in [0, 0.05) is 12.1 Å². The number of carboxylic acid groups (broad SMARTS) is 1. The minimum Gasteiger partial charge on any atom is -0.481 e. The van der Waals surface area contributed by atoms with E-state index in [1.807, 2.05) is 32.9 Å². The van der Waals surface area contributed by atoms with Crippen LogP contribution in [-0.2, 0) is 22.4 Å². The van der Waals surface area contributed by atoms with E-state index < -0.39 is 5.97 Å². The lowest BCUT2D eigenvalue weighted by atomic mass is 9.81. The second kappa shape index (κ2) is 22.6. The highest BCUT2D eigenvalue weighted by atomic mass is 16.4. The molecule has 1 aliphatic carbocycles. The SMILES string of the molecule is CC.CCC1CCC(C(=O)O)CC1.CCC=O.CCc1c(C)cccc1C.CCc1ccc(N)cc1C. The van der Waals surface area contributed by atoms with E-state index in [9.17, 15) is 9.59 Å². The van der Waals surface area contributed by atoms with Crippen molar-refractivity contribution in [3.63, 3.8) is 0 Å². The summed E-state index contributed by atoms with van der Waals surface area (Å²) in [6, 6.07) is 12.5. The summed E-state index contributed by atoms with van der Waals surface area (Å²) < 4.78 is 0. The summed E-state index contributed by atoms with van der Waals surface area (Å²) in [6.45, 7) is 18.8. The van der Waals surface area contributed by atoms with Gasteiger partial charge >= 0.3 is 5.97 Å². The van der Waals surface area contributed by atoms with Crippen LogP contribution in [-0.4, -0.2) is 17.4 Å². The number of anilines is 1. The number of aryl methyl sites for hydroxylation is 4. The third-order valence-electron chi connectivity index (χ3n) is 6.69. The molecular weight excluding hydrogens is 458 g/mol. The van der Waals surface area contributed by atoms with Crippen LogP contribution in [0.15, 0.2) is 36.4 Å². The number of nitrogen functional groups attached to an aromatic ring is 1. The van der Waals surface area contributed by atoms with E-state index in [4.69, 9.17) is 10.8 Å². The lowest BCUT2D eigenvalue weighted by molar-refractivity contribution is -0.143. The number of benzene rings is 2. The van der Waals surface area contributed by atoms with Crippen molar-refractivity contribution in [2.75, 3.05) is 5.73 Å². The molecule has 0 spiro atoms. The lowest BCUT2D eigenvalue weighted by Crippen LogP contribution is -2.20. The topological polar surface area (TPSA) is 80.4 Å². The van der Waals surface area contributed by atoms with Crippen LogP contribution in [0.1, 0.15) is 108 Å². The molecule has 0 saturated heterocycles. The maximum atomic E-state index is 10.5. The number of nitrogens with two attached hydrogens (primary N) is 1. The van der Waals surface area contributed by atoms with Crippen LogP contribution in [0.4, 0.5) is 5.69 Å². The van der Waals surface area contributed by atoms with Gasteiger partial charge in [0.05, 0.1) is 5.92 Å². The molecule has 1 fully saturated rings. The maximum Gasteiger partial charge on any atom is 0.306 e. The summed E-state index contributed by atoms with van der Waals surface area (Å²) in [5, 5.41) is 8.70. The van der Waals surface area contributed by atoms with Crippen molar-refractivity contribution in [2.45, 2.75) is 114 Å². The minimum atomic E-state index is -0.598. The molecule has 0 bridgehead atoms. The molecule has 3 rings (SSSR count). The first-order chi connectivity index (χ1) is 17.6. The Morgan fingerprint density at radius 1 is 0.892 bits per heavy atom. The molecule has 37 heavy (non-hydrogen) atoms. The number of carboxylic acids is 1. The first-order valence-electron chi connectivity index (χ1n) is 14.2. The third-order valence-corrected chi connectivity index (χ3v) is 6.69. The van der Waals surface area contributed by atoms with Crippen LogP contribution in [0, 0.1) is 32.6 Å². The number of carbonyl (C=O) groups excluding carboxylic acids is 1. The molecule has 1 saturated carbocycles. The van der Waals surface area contributed by atoms with Crippen LogP contribution < -0.4 is 5.73 Å². The first-order valence-corrected chi connectivity index (χ1v) is 14.2. The van der Waals surface area contributed by atoms with Crippen LogP contribution in [0.2, 0.25) is 0 Å². The van der Waals surface area contributed by atoms with Crippen molar-refractivity contribution in [3.8, 4) is 0 Å². The molecule has 4 heteroatoms. The predicted molar refractivity (Wildman–Crippen MR) is 161 cm³/mol. The Labute approximate surface area is 228 Å². The normalized spacial score (nSPS) is 15.6. The Hall–Kier alpha value is -2.62. The summed E-state index contributed by atoms with van der Waals surface area (Å²) in [5.41, 5.74) is 13.5.